The number of hydrogen-bond donors (Lipinski definition) is 2. The van der Waals surface area contributed by atoms with Gasteiger partial charge in [-0.15, -0.1) is 0 Å². The standard InChI is InChI=1S/C37H37F3N10O4S/c1-47-32-20-26(5-7-31(32)34(46-47)50-18-12-33(51)45-36(50)52)24-8-14-48(15-9-24)13-2-3-25-19-30(6-4-27(25)21-41)55(53,54)49-16-10-29(11-17-49)44-35-42-22-28(23-43-35)37(38,39)40/h4-7,19-20,22-24,29H,8-18H2,1H3,(H,42,43,44)(H,45,51,52). The van der Waals surface area contributed by atoms with Crippen molar-refractivity contribution in [3.8, 4) is 17.9 Å². The van der Waals surface area contributed by atoms with Gasteiger partial charge in [-0.2, -0.15) is 27.8 Å². The molecule has 2 N–H and O–H groups in total. The van der Waals surface area contributed by atoms with Gasteiger partial charge in [0.15, 0.2) is 5.82 Å². The molecule has 55 heavy (non-hydrogen) atoms. The maximum Gasteiger partial charge on any atom is 0.419 e. The first kappa shape index (κ1) is 37.7. The number of nitrogens with zero attached hydrogens (tertiary/aromatic N) is 8. The van der Waals surface area contributed by atoms with Gasteiger partial charge in [-0.25, -0.2) is 23.2 Å². The highest BCUT2D eigenvalue weighted by molar-refractivity contribution is 7.89. The third-order valence-electron chi connectivity index (χ3n) is 10.3. The van der Waals surface area contributed by atoms with E-state index in [1.54, 1.807) is 4.68 Å². The number of nitriles is 1. The lowest BCUT2D eigenvalue weighted by atomic mass is 9.89. The van der Waals surface area contributed by atoms with Crippen LogP contribution in [0.2, 0.25) is 0 Å². The third-order valence-corrected chi connectivity index (χ3v) is 12.2. The maximum atomic E-state index is 13.6. The second-order valence-electron chi connectivity index (χ2n) is 13.8. The summed E-state index contributed by atoms with van der Waals surface area (Å²) in [5.74, 6) is 6.74. The van der Waals surface area contributed by atoms with Crippen LogP contribution in [0.5, 0.6) is 0 Å². The zero-order chi connectivity index (χ0) is 38.9. The van der Waals surface area contributed by atoms with Gasteiger partial charge in [0.1, 0.15) is 6.07 Å². The first-order valence-electron chi connectivity index (χ1n) is 17.8. The number of hydrogen-bond acceptors (Lipinski definition) is 10. The van der Waals surface area contributed by atoms with E-state index >= 15 is 0 Å². The Morgan fingerprint density at radius 1 is 0.964 bits per heavy atom. The number of anilines is 2. The zero-order valence-electron chi connectivity index (χ0n) is 29.8. The number of imide groups is 1. The van der Waals surface area contributed by atoms with Crippen molar-refractivity contribution >= 4 is 44.6 Å². The Hall–Kier alpha value is -5.56. The van der Waals surface area contributed by atoms with Gasteiger partial charge in [-0.05, 0) is 80.6 Å². The van der Waals surface area contributed by atoms with Crippen LogP contribution < -0.4 is 15.5 Å². The van der Waals surface area contributed by atoms with Crippen molar-refractivity contribution < 1.29 is 31.2 Å². The lowest BCUT2D eigenvalue weighted by Crippen LogP contribution is -2.49. The Kier molecular flexibility index (Phi) is 10.5. The molecule has 0 bridgehead atoms. The molecule has 0 saturated carbocycles. The predicted octanol–water partition coefficient (Wildman–Crippen LogP) is 4.20. The minimum atomic E-state index is -4.54. The van der Waals surface area contributed by atoms with Crippen LogP contribution in [0, 0.1) is 23.2 Å². The SMILES string of the molecule is Cn1nc(N2CCC(=O)NC2=O)c2ccc(C3CCN(CC#Cc4cc(S(=O)(=O)N5CCC(Nc6ncc(C(F)(F)F)cn6)CC5)ccc4C#N)CC3)cc21. The number of fused-ring (bicyclic) bond motifs is 1. The lowest BCUT2D eigenvalue weighted by molar-refractivity contribution is -0.138. The van der Waals surface area contributed by atoms with Crippen LogP contribution in [-0.2, 0) is 28.0 Å². The second kappa shape index (κ2) is 15.3. The van der Waals surface area contributed by atoms with Gasteiger partial charge in [0, 0.05) is 62.5 Å². The number of benzene rings is 2. The molecule has 3 aliphatic heterocycles. The number of likely N-dealkylation sites (tertiary alicyclic amines) is 1. The van der Waals surface area contributed by atoms with Crippen molar-refractivity contribution in [2.45, 2.75) is 55.1 Å². The van der Waals surface area contributed by atoms with E-state index in [0.717, 1.165) is 36.8 Å². The van der Waals surface area contributed by atoms with E-state index in [9.17, 15) is 36.4 Å². The number of aryl methyl sites for hydroxylation is 1. The Bertz CT molecular complexity index is 2330. The minimum Gasteiger partial charge on any atom is -0.351 e. The molecule has 3 fully saturated rings. The number of sulfonamides is 1. The molecule has 0 spiro atoms. The molecule has 286 valence electrons. The summed E-state index contributed by atoms with van der Waals surface area (Å²) < 4.78 is 68.8. The van der Waals surface area contributed by atoms with Gasteiger partial charge in [0.2, 0.25) is 21.9 Å². The number of urea groups is 1. The molecule has 0 atom stereocenters. The van der Waals surface area contributed by atoms with Crippen LogP contribution in [0.15, 0.2) is 53.7 Å². The summed E-state index contributed by atoms with van der Waals surface area (Å²) in [6.45, 7) is 2.67. The number of alkyl halides is 3. The molecule has 0 radical (unpaired) electrons. The fourth-order valence-corrected chi connectivity index (χ4v) is 8.65. The number of carbonyl (C=O) groups is 2. The van der Waals surface area contributed by atoms with Crippen molar-refractivity contribution in [3.63, 3.8) is 0 Å². The number of halogens is 3. The molecule has 3 amide bonds. The molecular weight excluding hydrogens is 738 g/mol. The second-order valence-corrected chi connectivity index (χ2v) is 15.7. The Morgan fingerprint density at radius 3 is 2.36 bits per heavy atom. The number of carbonyl (C=O) groups excluding carboxylic acids is 2. The highest BCUT2D eigenvalue weighted by Gasteiger charge is 2.33. The summed E-state index contributed by atoms with van der Waals surface area (Å²) in [5, 5.41) is 20.5. The van der Waals surface area contributed by atoms with E-state index in [4.69, 9.17) is 0 Å². The van der Waals surface area contributed by atoms with E-state index in [0.29, 0.717) is 49.1 Å². The van der Waals surface area contributed by atoms with E-state index in [-0.39, 0.29) is 54.4 Å². The van der Waals surface area contributed by atoms with Crippen LogP contribution in [0.1, 0.15) is 60.3 Å². The van der Waals surface area contributed by atoms with Crippen molar-refractivity contribution in [2.75, 3.05) is 49.5 Å². The predicted molar refractivity (Wildman–Crippen MR) is 195 cm³/mol. The summed E-state index contributed by atoms with van der Waals surface area (Å²) in [5.41, 5.74) is 1.72. The van der Waals surface area contributed by atoms with Crippen LogP contribution >= 0.6 is 0 Å². The minimum absolute atomic E-state index is 0.0286. The molecule has 0 unspecified atom stereocenters. The molecular formula is C37H37F3N10O4S. The molecule has 18 heteroatoms. The van der Waals surface area contributed by atoms with Gasteiger partial charge >= 0.3 is 12.2 Å². The van der Waals surface area contributed by atoms with E-state index in [2.05, 4.69) is 60.6 Å². The number of piperidine rings is 2. The largest absolute Gasteiger partial charge is 0.419 e. The van der Waals surface area contributed by atoms with E-state index in [1.165, 1.54) is 33.0 Å². The molecule has 2 aromatic carbocycles. The molecule has 3 saturated heterocycles. The zero-order valence-corrected chi connectivity index (χ0v) is 30.6. The van der Waals surface area contributed by atoms with E-state index < -0.39 is 27.8 Å². The van der Waals surface area contributed by atoms with Gasteiger partial charge in [-0.3, -0.25) is 24.6 Å². The molecule has 5 heterocycles. The van der Waals surface area contributed by atoms with Crippen molar-refractivity contribution in [1.29, 1.82) is 5.26 Å². The van der Waals surface area contributed by atoms with Crippen molar-refractivity contribution in [2.24, 2.45) is 7.05 Å². The number of rotatable bonds is 7. The lowest BCUT2D eigenvalue weighted by Gasteiger charge is -2.31. The van der Waals surface area contributed by atoms with Crippen LogP contribution in [0.25, 0.3) is 10.9 Å². The molecule has 3 aliphatic rings. The smallest absolute Gasteiger partial charge is 0.351 e. The number of aromatic nitrogens is 4. The highest BCUT2D eigenvalue weighted by Crippen LogP contribution is 2.34. The first-order valence-corrected chi connectivity index (χ1v) is 19.2. The fraction of sp³-hybridized carbons (Fsp3) is 0.405. The number of nitrogens with one attached hydrogen (secondary N) is 2. The van der Waals surface area contributed by atoms with Crippen LogP contribution in [0.4, 0.5) is 29.7 Å². The average Bonchev–Trinajstić information content (AvgIpc) is 3.50. The topological polar surface area (TPSA) is 169 Å². The number of amides is 3. The first-order chi connectivity index (χ1) is 26.3. The molecule has 2 aromatic heterocycles. The van der Waals surface area contributed by atoms with E-state index in [1.807, 2.05) is 13.1 Å². The van der Waals surface area contributed by atoms with Gasteiger partial charge in [0.25, 0.3) is 0 Å². The van der Waals surface area contributed by atoms with Crippen molar-refractivity contribution in [1.82, 2.24) is 34.3 Å². The summed E-state index contributed by atoms with van der Waals surface area (Å²) in [4.78, 5) is 35.3. The fourth-order valence-electron chi connectivity index (χ4n) is 7.15. The van der Waals surface area contributed by atoms with Gasteiger partial charge < -0.3 is 5.32 Å². The summed E-state index contributed by atoms with van der Waals surface area (Å²) in [6, 6.07) is 11.9. The van der Waals surface area contributed by atoms with Crippen LogP contribution in [-0.4, -0.2) is 94.6 Å². The molecule has 0 aliphatic carbocycles. The third kappa shape index (κ3) is 8.12. The Balaban J connectivity index is 0.942. The Morgan fingerprint density at radius 2 is 1.69 bits per heavy atom. The monoisotopic (exact) mass is 774 g/mol. The quantitative estimate of drug-likeness (QED) is 0.260. The summed E-state index contributed by atoms with van der Waals surface area (Å²) in [7, 11) is -2.07. The van der Waals surface area contributed by atoms with Gasteiger partial charge in [-0.1, -0.05) is 17.9 Å². The normalized spacial score (nSPS) is 18.1. The molecule has 4 aromatic rings. The van der Waals surface area contributed by atoms with Crippen LogP contribution in [0.3, 0.4) is 0 Å². The van der Waals surface area contributed by atoms with Crippen molar-refractivity contribution in [3.05, 3.63) is 71.0 Å². The molecule has 7 rings (SSSR count). The van der Waals surface area contributed by atoms with Gasteiger partial charge in [0.05, 0.1) is 28.1 Å². The summed E-state index contributed by atoms with van der Waals surface area (Å²) >= 11 is 0. The average molecular weight is 775 g/mol. The highest BCUT2D eigenvalue weighted by atomic mass is 32.2. The maximum absolute atomic E-state index is 13.6. The Labute approximate surface area is 315 Å². The molecule has 14 nitrogen and oxygen atoms in total. The summed E-state index contributed by atoms with van der Waals surface area (Å²) in [6.07, 6.45) is -0.327.